The molecule has 100 valence electrons. The summed E-state index contributed by atoms with van der Waals surface area (Å²) in [5, 5.41) is 2.87. The Bertz CT molecular complexity index is 510. The third-order valence-electron chi connectivity index (χ3n) is 3.74. The highest BCUT2D eigenvalue weighted by Gasteiger charge is 2.39. The SMILES string of the molecule is CCCCS(=O)(=O)C1Cc2ccccc2C1NC. The standard InChI is InChI=1S/C14H21NO2S/c1-3-4-9-18(16,17)13-10-11-7-5-6-8-12(11)14(13)15-2/h5-8,13-15H,3-4,9-10H2,1-2H3. The summed E-state index contributed by atoms with van der Waals surface area (Å²) in [6.45, 7) is 2.02. The molecule has 0 heterocycles. The third kappa shape index (κ3) is 2.45. The van der Waals surface area contributed by atoms with Crippen molar-refractivity contribution in [3.63, 3.8) is 0 Å². The molecule has 0 radical (unpaired) electrons. The fourth-order valence-corrected chi connectivity index (χ4v) is 4.86. The van der Waals surface area contributed by atoms with Crippen LogP contribution in [0, 0.1) is 0 Å². The van der Waals surface area contributed by atoms with Gasteiger partial charge in [0.15, 0.2) is 9.84 Å². The second kappa shape index (κ2) is 5.41. The smallest absolute Gasteiger partial charge is 0.155 e. The predicted octanol–water partition coefficient (Wildman–Crippen LogP) is 2.09. The molecular weight excluding hydrogens is 246 g/mol. The van der Waals surface area contributed by atoms with Gasteiger partial charge in [0, 0.05) is 6.04 Å². The lowest BCUT2D eigenvalue weighted by molar-refractivity contribution is 0.534. The molecule has 0 saturated carbocycles. The highest BCUT2D eigenvalue weighted by atomic mass is 32.2. The second-order valence-electron chi connectivity index (χ2n) is 4.93. The number of nitrogens with one attached hydrogen (secondary N) is 1. The Kier molecular flexibility index (Phi) is 4.07. The van der Waals surface area contributed by atoms with Gasteiger partial charge < -0.3 is 5.32 Å². The van der Waals surface area contributed by atoms with E-state index in [0.29, 0.717) is 12.2 Å². The zero-order valence-electron chi connectivity index (χ0n) is 11.0. The predicted molar refractivity (Wildman–Crippen MR) is 74.4 cm³/mol. The molecule has 1 aliphatic carbocycles. The van der Waals surface area contributed by atoms with E-state index in [-0.39, 0.29) is 11.3 Å². The van der Waals surface area contributed by atoms with Gasteiger partial charge in [0.05, 0.1) is 11.0 Å². The number of unbranched alkanes of at least 4 members (excludes halogenated alkanes) is 1. The van der Waals surface area contributed by atoms with Crippen LogP contribution in [0.4, 0.5) is 0 Å². The van der Waals surface area contributed by atoms with Crippen molar-refractivity contribution in [1.29, 1.82) is 0 Å². The van der Waals surface area contributed by atoms with Gasteiger partial charge in [-0.1, -0.05) is 37.6 Å². The number of hydrogen-bond acceptors (Lipinski definition) is 3. The van der Waals surface area contributed by atoms with E-state index in [1.807, 2.05) is 38.2 Å². The zero-order chi connectivity index (χ0) is 13.2. The monoisotopic (exact) mass is 267 g/mol. The lowest BCUT2D eigenvalue weighted by Gasteiger charge is -2.20. The van der Waals surface area contributed by atoms with Gasteiger partial charge in [-0.05, 0) is 31.0 Å². The first-order valence-corrected chi connectivity index (χ1v) is 8.28. The molecule has 2 atom stereocenters. The minimum Gasteiger partial charge on any atom is -0.312 e. The fourth-order valence-electron chi connectivity index (χ4n) is 2.73. The van der Waals surface area contributed by atoms with Crippen LogP contribution in [-0.4, -0.2) is 26.5 Å². The summed E-state index contributed by atoms with van der Waals surface area (Å²) in [4.78, 5) is 0. The molecular formula is C14H21NO2S. The maximum Gasteiger partial charge on any atom is 0.155 e. The van der Waals surface area contributed by atoms with Gasteiger partial charge >= 0.3 is 0 Å². The molecule has 18 heavy (non-hydrogen) atoms. The molecule has 0 saturated heterocycles. The van der Waals surface area contributed by atoms with Crippen molar-refractivity contribution in [1.82, 2.24) is 5.32 Å². The normalized spacial score (nSPS) is 23.0. The van der Waals surface area contributed by atoms with Crippen LogP contribution < -0.4 is 5.32 Å². The average Bonchev–Trinajstić information content (AvgIpc) is 2.75. The Hall–Kier alpha value is -0.870. The van der Waals surface area contributed by atoms with Gasteiger partial charge in [0.1, 0.15) is 0 Å². The minimum absolute atomic E-state index is 0.0527. The number of hydrogen-bond donors (Lipinski definition) is 1. The van der Waals surface area contributed by atoms with Gasteiger partial charge in [-0.25, -0.2) is 8.42 Å². The van der Waals surface area contributed by atoms with Crippen molar-refractivity contribution in [2.75, 3.05) is 12.8 Å². The number of rotatable bonds is 5. The van der Waals surface area contributed by atoms with E-state index < -0.39 is 9.84 Å². The van der Waals surface area contributed by atoms with Crippen LogP contribution in [0.5, 0.6) is 0 Å². The van der Waals surface area contributed by atoms with E-state index in [2.05, 4.69) is 5.32 Å². The van der Waals surface area contributed by atoms with Crippen LogP contribution in [0.3, 0.4) is 0 Å². The van der Waals surface area contributed by atoms with E-state index in [4.69, 9.17) is 0 Å². The Balaban J connectivity index is 2.27. The van der Waals surface area contributed by atoms with Crippen molar-refractivity contribution in [2.45, 2.75) is 37.5 Å². The van der Waals surface area contributed by atoms with Crippen LogP contribution in [-0.2, 0) is 16.3 Å². The Morgan fingerprint density at radius 3 is 2.72 bits per heavy atom. The maximum atomic E-state index is 12.4. The van der Waals surface area contributed by atoms with E-state index in [1.54, 1.807) is 0 Å². The van der Waals surface area contributed by atoms with Crippen molar-refractivity contribution in [3.8, 4) is 0 Å². The van der Waals surface area contributed by atoms with Gasteiger partial charge in [-0.3, -0.25) is 0 Å². The quantitative estimate of drug-likeness (QED) is 0.888. The molecule has 4 heteroatoms. The summed E-state index contributed by atoms with van der Waals surface area (Å²) < 4.78 is 24.8. The zero-order valence-corrected chi connectivity index (χ0v) is 11.8. The van der Waals surface area contributed by atoms with Crippen molar-refractivity contribution >= 4 is 9.84 Å². The first-order valence-electron chi connectivity index (χ1n) is 6.56. The largest absolute Gasteiger partial charge is 0.312 e. The molecule has 0 spiro atoms. The molecule has 0 bridgehead atoms. The summed E-state index contributed by atoms with van der Waals surface area (Å²) in [6, 6.07) is 7.97. The Morgan fingerprint density at radius 1 is 1.33 bits per heavy atom. The van der Waals surface area contributed by atoms with Crippen molar-refractivity contribution in [2.24, 2.45) is 0 Å². The molecule has 3 nitrogen and oxygen atoms in total. The first-order chi connectivity index (χ1) is 8.60. The van der Waals surface area contributed by atoms with E-state index in [9.17, 15) is 8.42 Å². The third-order valence-corrected chi connectivity index (χ3v) is 5.96. The van der Waals surface area contributed by atoms with Crippen molar-refractivity contribution in [3.05, 3.63) is 35.4 Å². The van der Waals surface area contributed by atoms with Gasteiger partial charge in [-0.2, -0.15) is 0 Å². The molecule has 2 rings (SSSR count). The summed E-state index contributed by atoms with van der Waals surface area (Å²) in [5.74, 6) is 0.306. The first kappa shape index (κ1) is 13.6. The summed E-state index contributed by atoms with van der Waals surface area (Å²) >= 11 is 0. The highest BCUT2D eigenvalue weighted by Crippen LogP contribution is 2.35. The van der Waals surface area contributed by atoms with Crippen molar-refractivity contribution < 1.29 is 8.42 Å². The molecule has 2 unspecified atom stereocenters. The van der Waals surface area contributed by atoms with Crippen LogP contribution in [0.1, 0.15) is 36.9 Å². The molecule has 0 amide bonds. The van der Waals surface area contributed by atoms with Gasteiger partial charge in [-0.15, -0.1) is 0 Å². The minimum atomic E-state index is -3.01. The number of sulfone groups is 1. The van der Waals surface area contributed by atoms with Gasteiger partial charge in [0.25, 0.3) is 0 Å². The summed E-state index contributed by atoms with van der Waals surface area (Å²) in [7, 11) is -1.17. The van der Waals surface area contributed by atoms with E-state index >= 15 is 0 Å². The second-order valence-corrected chi connectivity index (χ2v) is 7.27. The molecule has 1 N–H and O–H groups in total. The number of benzene rings is 1. The fraction of sp³-hybridized carbons (Fsp3) is 0.571. The van der Waals surface area contributed by atoms with Crippen LogP contribution in [0.25, 0.3) is 0 Å². The molecule has 1 aromatic rings. The summed E-state index contributed by atoms with van der Waals surface area (Å²) in [5.41, 5.74) is 2.31. The molecule has 1 aromatic carbocycles. The van der Waals surface area contributed by atoms with Crippen LogP contribution >= 0.6 is 0 Å². The number of fused-ring (bicyclic) bond motifs is 1. The van der Waals surface area contributed by atoms with Crippen LogP contribution in [0.15, 0.2) is 24.3 Å². The topological polar surface area (TPSA) is 46.2 Å². The highest BCUT2D eigenvalue weighted by molar-refractivity contribution is 7.92. The molecule has 0 aromatic heterocycles. The van der Waals surface area contributed by atoms with Gasteiger partial charge in [0.2, 0.25) is 0 Å². The van der Waals surface area contributed by atoms with E-state index in [0.717, 1.165) is 18.4 Å². The van der Waals surface area contributed by atoms with Crippen LogP contribution in [0.2, 0.25) is 0 Å². The Morgan fingerprint density at radius 2 is 2.06 bits per heavy atom. The lowest BCUT2D eigenvalue weighted by Crippen LogP contribution is -2.34. The van der Waals surface area contributed by atoms with E-state index in [1.165, 1.54) is 5.56 Å². The molecule has 0 fully saturated rings. The lowest BCUT2D eigenvalue weighted by atomic mass is 10.1. The molecule has 0 aliphatic heterocycles. The Labute approximate surface area is 110 Å². The maximum absolute atomic E-state index is 12.4. The molecule has 1 aliphatic rings. The average molecular weight is 267 g/mol. The summed E-state index contributed by atoms with van der Waals surface area (Å²) in [6.07, 6.45) is 2.32.